The smallest absolute Gasteiger partial charge is 0.409 e. The van der Waals surface area contributed by atoms with E-state index in [0.717, 1.165) is 31.6 Å². The molecule has 17 heavy (non-hydrogen) atoms. The molecule has 0 radical (unpaired) electrons. The van der Waals surface area contributed by atoms with Gasteiger partial charge in [0.1, 0.15) is 0 Å². The largest absolute Gasteiger partial charge is 0.450 e. The molecule has 0 saturated carbocycles. The minimum atomic E-state index is -0.213. The van der Waals surface area contributed by atoms with Crippen LogP contribution in [0.3, 0.4) is 0 Å². The van der Waals surface area contributed by atoms with E-state index in [1.807, 2.05) is 6.92 Å². The first-order chi connectivity index (χ1) is 8.20. The first-order valence-electron chi connectivity index (χ1n) is 5.92. The predicted molar refractivity (Wildman–Crippen MR) is 63.6 cm³/mol. The van der Waals surface area contributed by atoms with Crippen molar-refractivity contribution < 1.29 is 9.53 Å². The Morgan fingerprint density at radius 3 is 2.88 bits per heavy atom. The molecule has 1 aromatic heterocycles. The van der Waals surface area contributed by atoms with Crippen molar-refractivity contribution in [2.45, 2.75) is 25.7 Å². The molecule has 1 fully saturated rings. The zero-order valence-corrected chi connectivity index (χ0v) is 9.98. The Balaban J connectivity index is 1.88. The number of rotatable bonds is 2. The number of anilines is 1. The molecule has 1 aliphatic heterocycles. The number of carbonyl (C=O) groups is 1. The lowest BCUT2D eigenvalue weighted by molar-refractivity contribution is 0.0969. The average Bonchev–Trinajstić information content (AvgIpc) is 2.76. The van der Waals surface area contributed by atoms with E-state index in [0.29, 0.717) is 18.5 Å². The summed E-state index contributed by atoms with van der Waals surface area (Å²) in [4.78, 5) is 20.3. The highest BCUT2D eigenvalue weighted by Crippen LogP contribution is 2.27. The Labute approximate surface area is 100 Å². The van der Waals surface area contributed by atoms with Crippen LogP contribution < -0.4 is 5.73 Å². The molecule has 1 aromatic rings. The summed E-state index contributed by atoms with van der Waals surface area (Å²) in [6, 6.07) is 0. The van der Waals surface area contributed by atoms with Gasteiger partial charge in [-0.1, -0.05) is 0 Å². The maximum atomic E-state index is 11.5. The lowest BCUT2D eigenvalue weighted by atomic mass is 9.94. The molecule has 6 heteroatoms. The molecule has 6 nitrogen and oxygen atoms in total. The summed E-state index contributed by atoms with van der Waals surface area (Å²) in [6.07, 6.45) is 3.40. The number of nitrogens with one attached hydrogen (secondary N) is 1. The topological polar surface area (TPSA) is 84.2 Å². The number of nitrogen functional groups attached to an aromatic ring is 1. The van der Waals surface area contributed by atoms with E-state index in [1.54, 1.807) is 11.1 Å². The fraction of sp³-hybridized carbons (Fsp3) is 0.636. The summed E-state index contributed by atoms with van der Waals surface area (Å²) in [5.41, 5.74) is 6.61. The minimum absolute atomic E-state index is 0.213. The number of ether oxygens (including phenoxy) is 1. The van der Waals surface area contributed by atoms with E-state index in [-0.39, 0.29) is 6.09 Å². The first-order valence-corrected chi connectivity index (χ1v) is 5.92. The SMILES string of the molecule is CCOC(=O)N1CCC(c2cnc(N)[nH]2)CC1. The van der Waals surface area contributed by atoms with Crippen LogP contribution in [0.15, 0.2) is 6.20 Å². The quantitative estimate of drug-likeness (QED) is 0.814. The van der Waals surface area contributed by atoms with Crippen molar-refractivity contribution in [3.8, 4) is 0 Å². The second-order valence-electron chi connectivity index (χ2n) is 4.18. The van der Waals surface area contributed by atoms with Crippen LogP contribution in [0.2, 0.25) is 0 Å². The number of H-pyrrole nitrogens is 1. The van der Waals surface area contributed by atoms with E-state index >= 15 is 0 Å². The highest BCUT2D eigenvalue weighted by atomic mass is 16.6. The van der Waals surface area contributed by atoms with Gasteiger partial charge < -0.3 is 20.4 Å². The molecule has 0 aromatic carbocycles. The fourth-order valence-corrected chi connectivity index (χ4v) is 2.15. The second-order valence-corrected chi connectivity index (χ2v) is 4.18. The summed E-state index contributed by atoms with van der Waals surface area (Å²) in [7, 11) is 0. The zero-order chi connectivity index (χ0) is 12.3. The maximum Gasteiger partial charge on any atom is 0.409 e. The summed E-state index contributed by atoms with van der Waals surface area (Å²) in [6.45, 7) is 3.69. The van der Waals surface area contributed by atoms with Gasteiger partial charge in [0.2, 0.25) is 0 Å². The summed E-state index contributed by atoms with van der Waals surface area (Å²) in [5.74, 6) is 0.860. The third-order valence-electron chi connectivity index (χ3n) is 3.08. The molecule has 0 bridgehead atoms. The van der Waals surface area contributed by atoms with Crippen LogP contribution in [0.1, 0.15) is 31.4 Å². The third-order valence-corrected chi connectivity index (χ3v) is 3.08. The molecule has 0 atom stereocenters. The monoisotopic (exact) mass is 238 g/mol. The van der Waals surface area contributed by atoms with Gasteiger partial charge in [-0.15, -0.1) is 0 Å². The molecule has 2 heterocycles. The van der Waals surface area contributed by atoms with Gasteiger partial charge in [-0.25, -0.2) is 9.78 Å². The molecule has 1 saturated heterocycles. The summed E-state index contributed by atoms with van der Waals surface area (Å²) < 4.78 is 4.97. The molecule has 0 unspecified atom stereocenters. The van der Waals surface area contributed by atoms with Crippen LogP contribution in [-0.4, -0.2) is 40.7 Å². The number of hydrogen-bond acceptors (Lipinski definition) is 4. The van der Waals surface area contributed by atoms with Crippen molar-refractivity contribution in [2.24, 2.45) is 0 Å². The van der Waals surface area contributed by atoms with Crippen molar-refractivity contribution in [3.05, 3.63) is 11.9 Å². The summed E-state index contributed by atoms with van der Waals surface area (Å²) >= 11 is 0. The standard InChI is InChI=1S/C11H18N4O2/c1-2-17-11(16)15-5-3-8(4-6-15)9-7-13-10(12)14-9/h7-8H,2-6H2,1H3,(H3,12,13,14). The van der Waals surface area contributed by atoms with E-state index in [2.05, 4.69) is 9.97 Å². The van der Waals surface area contributed by atoms with Crippen molar-refractivity contribution >= 4 is 12.0 Å². The van der Waals surface area contributed by atoms with Crippen LogP contribution >= 0.6 is 0 Å². The zero-order valence-electron chi connectivity index (χ0n) is 9.98. The molecule has 1 amide bonds. The number of imidazole rings is 1. The number of aromatic nitrogens is 2. The minimum Gasteiger partial charge on any atom is -0.450 e. The Hall–Kier alpha value is -1.72. The highest BCUT2D eigenvalue weighted by molar-refractivity contribution is 5.67. The fourth-order valence-electron chi connectivity index (χ4n) is 2.15. The molecule has 1 aliphatic rings. The molecular weight excluding hydrogens is 220 g/mol. The molecule has 0 aliphatic carbocycles. The van der Waals surface area contributed by atoms with Crippen LogP contribution in [0.4, 0.5) is 10.7 Å². The number of nitrogens with two attached hydrogens (primary N) is 1. The number of carbonyl (C=O) groups excluding carboxylic acids is 1. The maximum absolute atomic E-state index is 11.5. The van der Waals surface area contributed by atoms with Crippen LogP contribution in [0, 0.1) is 0 Å². The summed E-state index contributed by atoms with van der Waals surface area (Å²) in [5, 5.41) is 0. The average molecular weight is 238 g/mol. The van der Waals surface area contributed by atoms with Gasteiger partial charge in [0.05, 0.1) is 12.8 Å². The molecule has 0 spiro atoms. The van der Waals surface area contributed by atoms with E-state index in [9.17, 15) is 4.79 Å². The molecule has 2 rings (SSSR count). The number of amides is 1. The van der Waals surface area contributed by atoms with Crippen molar-refractivity contribution in [1.82, 2.24) is 14.9 Å². The Kier molecular flexibility index (Phi) is 3.51. The van der Waals surface area contributed by atoms with Crippen molar-refractivity contribution in [3.63, 3.8) is 0 Å². The van der Waals surface area contributed by atoms with Crippen LogP contribution in [0.5, 0.6) is 0 Å². The number of aromatic amines is 1. The second kappa shape index (κ2) is 5.07. The van der Waals surface area contributed by atoms with Gasteiger partial charge in [-0.3, -0.25) is 0 Å². The van der Waals surface area contributed by atoms with Gasteiger partial charge in [0, 0.05) is 24.7 Å². The molecule has 3 N–H and O–H groups in total. The number of likely N-dealkylation sites (tertiary alicyclic amines) is 1. The van der Waals surface area contributed by atoms with Crippen molar-refractivity contribution in [1.29, 1.82) is 0 Å². The van der Waals surface area contributed by atoms with Gasteiger partial charge >= 0.3 is 6.09 Å². The van der Waals surface area contributed by atoms with Crippen molar-refractivity contribution in [2.75, 3.05) is 25.4 Å². The third kappa shape index (κ3) is 2.69. The lowest BCUT2D eigenvalue weighted by Gasteiger charge is -2.30. The molecular formula is C11H18N4O2. The number of piperidine rings is 1. The van der Waals surface area contributed by atoms with Gasteiger partial charge in [-0.2, -0.15) is 0 Å². The lowest BCUT2D eigenvalue weighted by Crippen LogP contribution is -2.38. The predicted octanol–water partition coefficient (Wildman–Crippen LogP) is 1.33. The van der Waals surface area contributed by atoms with E-state index in [4.69, 9.17) is 10.5 Å². The normalized spacial score (nSPS) is 17.1. The van der Waals surface area contributed by atoms with Crippen LogP contribution in [-0.2, 0) is 4.74 Å². The highest BCUT2D eigenvalue weighted by Gasteiger charge is 2.25. The first kappa shape index (κ1) is 11.8. The van der Waals surface area contributed by atoms with Crippen LogP contribution in [0.25, 0.3) is 0 Å². The van der Waals surface area contributed by atoms with Gasteiger partial charge in [0.15, 0.2) is 5.95 Å². The van der Waals surface area contributed by atoms with E-state index in [1.165, 1.54) is 0 Å². The van der Waals surface area contributed by atoms with Gasteiger partial charge in [-0.05, 0) is 19.8 Å². The Bertz CT molecular complexity index is 383. The Morgan fingerprint density at radius 2 is 2.35 bits per heavy atom. The van der Waals surface area contributed by atoms with Gasteiger partial charge in [0.25, 0.3) is 0 Å². The number of hydrogen-bond donors (Lipinski definition) is 2. The molecule has 94 valence electrons. The number of nitrogens with zero attached hydrogens (tertiary/aromatic N) is 2. The van der Waals surface area contributed by atoms with E-state index < -0.39 is 0 Å². The Morgan fingerprint density at radius 1 is 1.65 bits per heavy atom.